The summed E-state index contributed by atoms with van der Waals surface area (Å²) in [6.07, 6.45) is 4.34. The molecule has 0 aliphatic carbocycles. The number of likely N-dealkylation sites (N-methyl/N-ethyl adjacent to an activating group) is 1. The van der Waals surface area contributed by atoms with Crippen LogP contribution in [0.1, 0.15) is 46.0 Å². The summed E-state index contributed by atoms with van der Waals surface area (Å²) in [6.45, 7) is 6.48. The Hall–Kier alpha value is -1.14. The van der Waals surface area contributed by atoms with Crippen molar-refractivity contribution in [2.24, 2.45) is 5.92 Å². The van der Waals surface area contributed by atoms with Crippen molar-refractivity contribution >= 4 is 11.8 Å². The summed E-state index contributed by atoms with van der Waals surface area (Å²) in [5, 5.41) is 5.92. The third-order valence-corrected chi connectivity index (χ3v) is 4.81. The molecule has 0 saturated carbocycles. The number of hydrogen-bond donors (Lipinski definition) is 2. The second kappa shape index (κ2) is 8.64. The molecule has 2 aliphatic heterocycles. The van der Waals surface area contributed by atoms with Crippen LogP contribution >= 0.6 is 0 Å². The summed E-state index contributed by atoms with van der Waals surface area (Å²) in [6, 6.07) is -0.186. The van der Waals surface area contributed by atoms with Gasteiger partial charge < -0.3 is 15.4 Å². The van der Waals surface area contributed by atoms with Crippen molar-refractivity contribution in [3.63, 3.8) is 0 Å². The molecule has 0 bridgehead atoms. The van der Waals surface area contributed by atoms with E-state index in [0.29, 0.717) is 19.1 Å². The Morgan fingerprint density at radius 3 is 2.52 bits per heavy atom. The van der Waals surface area contributed by atoms with E-state index in [2.05, 4.69) is 29.4 Å². The topological polar surface area (TPSA) is 70.7 Å². The minimum atomic E-state index is -0.215. The molecule has 2 rings (SSSR count). The van der Waals surface area contributed by atoms with E-state index < -0.39 is 0 Å². The Kier molecular flexibility index (Phi) is 6.84. The molecular weight excluding hydrogens is 294 g/mol. The molecule has 0 aromatic carbocycles. The van der Waals surface area contributed by atoms with Gasteiger partial charge in [-0.1, -0.05) is 13.8 Å². The highest BCUT2D eigenvalue weighted by Crippen LogP contribution is 2.24. The van der Waals surface area contributed by atoms with E-state index in [1.807, 2.05) is 0 Å². The van der Waals surface area contributed by atoms with Crippen LogP contribution in [0.4, 0.5) is 0 Å². The number of nitrogens with zero attached hydrogens (tertiary/aromatic N) is 1. The van der Waals surface area contributed by atoms with Crippen LogP contribution in [0.3, 0.4) is 0 Å². The van der Waals surface area contributed by atoms with E-state index in [1.54, 1.807) is 7.05 Å². The lowest BCUT2D eigenvalue weighted by atomic mass is 10.0. The summed E-state index contributed by atoms with van der Waals surface area (Å²) < 4.78 is 5.34. The number of amides is 2. The molecule has 2 aliphatic rings. The normalized spacial score (nSPS) is 24.6. The van der Waals surface area contributed by atoms with Crippen molar-refractivity contribution in [3.8, 4) is 0 Å². The number of carbonyl (C=O) groups is 2. The first-order chi connectivity index (χ1) is 11.0. The van der Waals surface area contributed by atoms with Gasteiger partial charge in [-0.05, 0) is 44.6 Å². The molecule has 2 saturated heterocycles. The lowest BCUT2D eigenvalue weighted by molar-refractivity contribution is -0.132. The van der Waals surface area contributed by atoms with Gasteiger partial charge in [0, 0.05) is 26.3 Å². The fourth-order valence-electron chi connectivity index (χ4n) is 3.59. The van der Waals surface area contributed by atoms with E-state index in [1.165, 1.54) is 0 Å². The van der Waals surface area contributed by atoms with Crippen LogP contribution in [-0.4, -0.2) is 61.6 Å². The standard InChI is InChI=1S/C17H31N3O3/c1-12(2)11-15(16(21)18-3)20-8-4-5-14(20)17(22)19-13-6-9-23-10-7-13/h12-15H,4-11H2,1-3H3,(H,18,21)(H,19,22)/t14-,15+/m0/s1. The SMILES string of the molecule is CNC(=O)[C@@H](CC(C)C)N1CCC[C@H]1C(=O)NC1CCOCC1. The first-order valence-electron chi connectivity index (χ1n) is 8.88. The average Bonchev–Trinajstić information content (AvgIpc) is 3.02. The smallest absolute Gasteiger partial charge is 0.237 e. The van der Waals surface area contributed by atoms with Crippen LogP contribution in [-0.2, 0) is 14.3 Å². The van der Waals surface area contributed by atoms with Gasteiger partial charge in [-0.2, -0.15) is 0 Å². The largest absolute Gasteiger partial charge is 0.381 e. The summed E-state index contributed by atoms with van der Waals surface area (Å²) >= 11 is 0. The number of ether oxygens (including phenoxy) is 1. The maximum absolute atomic E-state index is 12.7. The van der Waals surface area contributed by atoms with Crippen LogP contribution in [0.5, 0.6) is 0 Å². The number of rotatable bonds is 6. The number of hydrogen-bond acceptors (Lipinski definition) is 4. The molecule has 0 spiro atoms. The first-order valence-corrected chi connectivity index (χ1v) is 8.88. The highest BCUT2D eigenvalue weighted by molar-refractivity contribution is 5.85. The Morgan fingerprint density at radius 2 is 1.91 bits per heavy atom. The zero-order chi connectivity index (χ0) is 16.8. The molecule has 132 valence electrons. The first kappa shape index (κ1) is 18.2. The highest BCUT2D eigenvalue weighted by Gasteiger charge is 2.38. The molecule has 0 aromatic heterocycles. The van der Waals surface area contributed by atoms with Gasteiger partial charge in [0.25, 0.3) is 0 Å². The molecule has 6 heteroatoms. The van der Waals surface area contributed by atoms with Crippen LogP contribution < -0.4 is 10.6 Å². The molecule has 0 unspecified atom stereocenters. The van der Waals surface area contributed by atoms with Gasteiger partial charge >= 0.3 is 0 Å². The van der Waals surface area contributed by atoms with E-state index >= 15 is 0 Å². The molecule has 6 nitrogen and oxygen atoms in total. The van der Waals surface area contributed by atoms with Gasteiger partial charge in [0.2, 0.25) is 11.8 Å². The Balaban J connectivity index is 2.01. The monoisotopic (exact) mass is 325 g/mol. The zero-order valence-electron chi connectivity index (χ0n) is 14.6. The van der Waals surface area contributed by atoms with Crippen molar-refractivity contribution in [1.29, 1.82) is 0 Å². The molecule has 0 radical (unpaired) electrons. The minimum Gasteiger partial charge on any atom is -0.381 e. The molecule has 23 heavy (non-hydrogen) atoms. The maximum atomic E-state index is 12.7. The predicted molar refractivity (Wildman–Crippen MR) is 89.0 cm³/mol. The maximum Gasteiger partial charge on any atom is 0.237 e. The lowest BCUT2D eigenvalue weighted by Crippen LogP contribution is -2.54. The second-order valence-electron chi connectivity index (χ2n) is 7.05. The van der Waals surface area contributed by atoms with Crippen LogP contribution in [0, 0.1) is 5.92 Å². The van der Waals surface area contributed by atoms with Gasteiger partial charge in [0.1, 0.15) is 0 Å². The number of nitrogens with one attached hydrogen (secondary N) is 2. The van der Waals surface area contributed by atoms with Crippen molar-refractivity contribution in [3.05, 3.63) is 0 Å². The molecule has 2 atom stereocenters. The van der Waals surface area contributed by atoms with E-state index in [9.17, 15) is 9.59 Å². The molecular formula is C17H31N3O3. The fraction of sp³-hybridized carbons (Fsp3) is 0.882. The highest BCUT2D eigenvalue weighted by atomic mass is 16.5. The summed E-state index contributed by atoms with van der Waals surface area (Å²) in [4.78, 5) is 27.1. The second-order valence-corrected chi connectivity index (χ2v) is 7.05. The fourth-order valence-corrected chi connectivity index (χ4v) is 3.59. The van der Waals surface area contributed by atoms with Gasteiger partial charge in [-0.3, -0.25) is 14.5 Å². The summed E-state index contributed by atoms with van der Waals surface area (Å²) in [7, 11) is 1.67. The third kappa shape index (κ3) is 4.91. The number of likely N-dealkylation sites (tertiary alicyclic amines) is 1. The van der Waals surface area contributed by atoms with Gasteiger partial charge in [0.05, 0.1) is 12.1 Å². The predicted octanol–water partition coefficient (Wildman–Crippen LogP) is 0.907. The summed E-state index contributed by atoms with van der Waals surface area (Å²) in [5.41, 5.74) is 0. The van der Waals surface area contributed by atoms with Gasteiger partial charge in [-0.25, -0.2) is 0 Å². The van der Waals surface area contributed by atoms with Crippen LogP contribution in [0.2, 0.25) is 0 Å². The molecule has 2 heterocycles. The van der Waals surface area contributed by atoms with Crippen LogP contribution in [0.15, 0.2) is 0 Å². The molecule has 0 aromatic rings. The Bertz CT molecular complexity index is 408. The van der Waals surface area contributed by atoms with Crippen molar-refractivity contribution in [1.82, 2.24) is 15.5 Å². The molecule has 2 amide bonds. The van der Waals surface area contributed by atoms with Crippen molar-refractivity contribution < 1.29 is 14.3 Å². The molecule has 2 fully saturated rings. The van der Waals surface area contributed by atoms with Crippen molar-refractivity contribution in [2.75, 3.05) is 26.8 Å². The van der Waals surface area contributed by atoms with E-state index in [0.717, 1.165) is 38.6 Å². The lowest BCUT2D eigenvalue weighted by Gasteiger charge is -2.33. The van der Waals surface area contributed by atoms with Crippen LogP contribution in [0.25, 0.3) is 0 Å². The Morgan fingerprint density at radius 1 is 1.22 bits per heavy atom. The Labute approximate surface area is 139 Å². The van der Waals surface area contributed by atoms with Gasteiger partial charge in [0.15, 0.2) is 0 Å². The summed E-state index contributed by atoms with van der Waals surface area (Å²) in [5.74, 6) is 0.508. The van der Waals surface area contributed by atoms with Crippen molar-refractivity contribution in [2.45, 2.75) is 64.1 Å². The average molecular weight is 325 g/mol. The van der Waals surface area contributed by atoms with Gasteiger partial charge in [-0.15, -0.1) is 0 Å². The van der Waals surface area contributed by atoms with E-state index in [4.69, 9.17) is 4.74 Å². The molecule has 2 N–H and O–H groups in total. The number of carbonyl (C=O) groups excluding carboxylic acids is 2. The third-order valence-electron chi connectivity index (χ3n) is 4.81. The van der Waals surface area contributed by atoms with E-state index in [-0.39, 0.29) is 29.9 Å². The quantitative estimate of drug-likeness (QED) is 0.761. The zero-order valence-corrected chi connectivity index (χ0v) is 14.6. The minimum absolute atomic E-state index is 0.0180.